The summed E-state index contributed by atoms with van der Waals surface area (Å²) in [6.07, 6.45) is 1.06. The first-order chi connectivity index (χ1) is 13.7. The second-order valence-corrected chi connectivity index (χ2v) is 5.80. The number of carbonyl (C=O) groups excluding carboxylic acids is 1. The number of nitro benzene ring substituents is 3. The fourth-order valence-corrected chi connectivity index (χ4v) is 2.65. The molecule has 0 spiro atoms. The van der Waals surface area contributed by atoms with Crippen LogP contribution in [0.1, 0.15) is 16.7 Å². The van der Waals surface area contributed by atoms with E-state index in [4.69, 9.17) is 4.74 Å². The molecule has 0 unspecified atom stereocenters. The largest absolute Gasteiger partial charge is 0.402 e. The quantitative estimate of drug-likeness (QED) is 0.320. The van der Waals surface area contributed by atoms with Crippen molar-refractivity contribution in [3.8, 4) is 0 Å². The van der Waals surface area contributed by atoms with E-state index < -0.39 is 32.1 Å². The molecular weight excluding hydrogens is 388 g/mol. The van der Waals surface area contributed by atoms with Crippen LogP contribution in [0.4, 0.5) is 17.1 Å². The van der Waals surface area contributed by atoms with E-state index in [1.54, 1.807) is 0 Å². The van der Waals surface area contributed by atoms with E-state index in [2.05, 4.69) is 4.99 Å². The zero-order valence-corrected chi connectivity index (χ0v) is 14.6. The molecule has 0 saturated heterocycles. The lowest BCUT2D eigenvalue weighted by atomic mass is 10.1. The average Bonchev–Trinajstić information content (AvgIpc) is 3.01. The molecule has 2 aromatic carbocycles. The van der Waals surface area contributed by atoms with Gasteiger partial charge in [0.15, 0.2) is 5.70 Å². The number of benzene rings is 2. The van der Waals surface area contributed by atoms with Gasteiger partial charge in [0.1, 0.15) is 0 Å². The molecule has 0 fully saturated rings. The highest BCUT2D eigenvalue weighted by Crippen LogP contribution is 2.29. The zero-order chi connectivity index (χ0) is 21.3. The summed E-state index contributed by atoms with van der Waals surface area (Å²) in [4.78, 5) is 47.0. The number of cyclic esters (lactones) is 1. The van der Waals surface area contributed by atoms with Gasteiger partial charge in [-0.3, -0.25) is 30.3 Å². The van der Waals surface area contributed by atoms with Crippen LogP contribution in [0.5, 0.6) is 0 Å². The number of hydrogen-bond acceptors (Lipinski definition) is 9. The number of non-ortho nitro benzene ring substituents is 1. The molecule has 146 valence electrons. The molecular formula is C17H10N4O8. The fourth-order valence-electron chi connectivity index (χ4n) is 2.65. The molecule has 1 aliphatic rings. The molecule has 2 aromatic rings. The van der Waals surface area contributed by atoms with Gasteiger partial charge in [-0.05, 0) is 25.1 Å². The number of nitro groups is 3. The normalized spacial score (nSPS) is 14.4. The van der Waals surface area contributed by atoms with Gasteiger partial charge in [0, 0.05) is 23.3 Å². The second-order valence-electron chi connectivity index (χ2n) is 5.80. The summed E-state index contributed by atoms with van der Waals surface area (Å²) in [5, 5.41) is 33.1. The Hall–Kier alpha value is -4.48. The summed E-state index contributed by atoms with van der Waals surface area (Å²) in [5.74, 6) is -1.11. The van der Waals surface area contributed by atoms with Crippen LogP contribution in [0, 0.1) is 37.3 Å². The van der Waals surface area contributed by atoms with Crippen LogP contribution in [0.3, 0.4) is 0 Å². The van der Waals surface area contributed by atoms with E-state index in [1.807, 2.05) is 0 Å². The maximum atomic E-state index is 12.1. The molecule has 0 aliphatic carbocycles. The Kier molecular flexibility index (Phi) is 4.83. The maximum Gasteiger partial charge on any atom is 0.363 e. The van der Waals surface area contributed by atoms with Crippen LogP contribution in [-0.4, -0.2) is 26.6 Å². The van der Waals surface area contributed by atoms with E-state index in [1.165, 1.54) is 25.1 Å². The number of esters is 1. The Morgan fingerprint density at radius 2 is 1.66 bits per heavy atom. The topological polar surface area (TPSA) is 168 Å². The molecule has 12 heteroatoms. The summed E-state index contributed by atoms with van der Waals surface area (Å²) >= 11 is 0. The zero-order valence-electron chi connectivity index (χ0n) is 14.6. The Morgan fingerprint density at radius 3 is 2.28 bits per heavy atom. The number of rotatable bonds is 5. The minimum atomic E-state index is -0.918. The number of carbonyl (C=O) groups is 1. The van der Waals surface area contributed by atoms with Crippen molar-refractivity contribution in [3.63, 3.8) is 0 Å². The van der Waals surface area contributed by atoms with Gasteiger partial charge in [0.2, 0.25) is 5.90 Å². The lowest BCUT2D eigenvalue weighted by Gasteiger charge is -2.04. The molecule has 0 N–H and O–H groups in total. The molecule has 1 heterocycles. The van der Waals surface area contributed by atoms with Crippen molar-refractivity contribution in [1.29, 1.82) is 0 Å². The Morgan fingerprint density at radius 1 is 0.966 bits per heavy atom. The molecule has 0 amide bonds. The standard InChI is InChI=1S/C17H10N4O8/c1-9-12(3-2-4-14(9)20(25)26)16-18-13(17(22)29-16)7-10-5-6-11(19(23)24)8-15(10)21(27)28/h2-8H,1H3/b13-7-. The van der Waals surface area contributed by atoms with Crippen LogP contribution >= 0.6 is 0 Å². The van der Waals surface area contributed by atoms with Crippen LogP contribution < -0.4 is 0 Å². The predicted octanol–water partition coefficient (Wildman–Crippen LogP) is 3.06. The van der Waals surface area contributed by atoms with Crippen molar-refractivity contribution in [3.05, 3.63) is 89.1 Å². The molecule has 0 atom stereocenters. The third kappa shape index (κ3) is 3.66. The third-order valence-electron chi connectivity index (χ3n) is 4.07. The molecule has 3 rings (SSSR count). The number of aliphatic imine (C=N–C) groups is 1. The summed E-state index contributed by atoms with van der Waals surface area (Å²) < 4.78 is 5.05. The average molecular weight is 398 g/mol. The van der Waals surface area contributed by atoms with Gasteiger partial charge in [0.05, 0.1) is 26.4 Å². The maximum absolute atomic E-state index is 12.1. The van der Waals surface area contributed by atoms with E-state index >= 15 is 0 Å². The van der Waals surface area contributed by atoms with Gasteiger partial charge < -0.3 is 4.74 Å². The highest BCUT2D eigenvalue weighted by atomic mass is 16.6. The van der Waals surface area contributed by atoms with E-state index in [0.717, 1.165) is 24.3 Å². The Bertz CT molecular complexity index is 1150. The lowest BCUT2D eigenvalue weighted by Crippen LogP contribution is -2.08. The van der Waals surface area contributed by atoms with E-state index in [0.29, 0.717) is 0 Å². The molecule has 0 aromatic heterocycles. The summed E-state index contributed by atoms with van der Waals surface area (Å²) in [5.41, 5.74) is -1.19. The van der Waals surface area contributed by atoms with Gasteiger partial charge in [-0.15, -0.1) is 0 Å². The Labute approximate surface area is 161 Å². The van der Waals surface area contributed by atoms with Gasteiger partial charge >= 0.3 is 5.97 Å². The molecule has 0 saturated carbocycles. The summed E-state index contributed by atoms with van der Waals surface area (Å²) in [7, 11) is 0. The lowest BCUT2D eigenvalue weighted by molar-refractivity contribution is -0.394. The van der Waals surface area contributed by atoms with Crippen molar-refractivity contribution in [2.75, 3.05) is 0 Å². The fraction of sp³-hybridized carbons (Fsp3) is 0.0588. The third-order valence-corrected chi connectivity index (χ3v) is 4.07. The number of ether oxygens (including phenoxy) is 1. The molecule has 1 aliphatic heterocycles. The van der Waals surface area contributed by atoms with Crippen LogP contribution in [0.2, 0.25) is 0 Å². The number of hydrogen-bond donors (Lipinski definition) is 0. The molecule has 0 radical (unpaired) electrons. The highest BCUT2D eigenvalue weighted by molar-refractivity contribution is 6.13. The van der Waals surface area contributed by atoms with Gasteiger partial charge in [-0.1, -0.05) is 6.07 Å². The molecule has 29 heavy (non-hydrogen) atoms. The SMILES string of the molecule is Cc1c(C2=N/C(=C\c3ccc([N+](=O)[O-])cc3[N+](=O)[O-])C(=O)O2)cccc1[N+](=O)[O-]. The van der Waals surface area contributed by atoms with Crippen molar-refractivity contribution >= 4 is 35.0 Å². The van der Waals surface area contributed by atoms with Gasteiger partial charge in [-0.25, -0.2) is 9.79 Å². The van der Waals surface area contributed by atoms with Crippen molar-refractivity contribution < 1.29 is 24.3 Å². The molecule has 12 nitrogen and oxygen atoms in total. The van der Waals surface area contributed by atoms with E-state index in [9.17, 15) is 35.1 Å². The first-order valence-corrected chi connectivity index (χ1v) is 7.89. The number of nitrogens with zero attached hydrogens (tertiary/aromatic N) is 4. The second kappa shape index (κ2) is 7.26. The Balaban J connectivity index is 2.07. The van der Waals surface area contributed by atoms with E-state index in [-0.39, 0.29) is 34.0 Å². The van der Waals surface area contributed by atoms with Crippen LogP contribution in [0.15, 0.2) is 47.1 Å². The van der Waals surface area contributed by atoms with Gasteiger partial charge in [-0.2, -0.15) is 0 Å². The first-order valence-electron chi connectivity index (χ1n) is 7.89. The molecule has 0 bridgehead atoms. The minimum Gasteiger partial charge on any atom is -0.402 e. The first kappa shape index (κ1) is 19.3. The summed E-state index contributed by atoms with van der Waals surface area (Å²) in [6, 6.07) is 7.10. The van der Waals surface area contributed by atoms with Crippen LogP contribution in [-0.2, 0) is 9.53 Å². The smallest absolute Gasteiger partial charge is 0.363 e. The van der Waals surface area contributed by atoms with Crippen molar-refractivity contribution in [2.24, 2.45) is 4.99 Å². The van der Waals surface area contributed by atoms with Crippen LogP contribution in [0.25, 0.3) is 6.08 Å². The highest BCUT2D eigenvalue weighted by Gasteiger charge is 2.28. The van der Waals surface area contributed by atoms with Crippen molar-refractivity contribution in [1.82, 2.24) is 0 Å². The predicted molar refractivity (Wildman–Crippen MR) is 98.2 cm³/mol. The monoisotopic (exact) mass is 398 g/mol. The van der Waals surface area contributed by atoms with Gasteiger partial charge in [0.25, 0.3) is 17.1 Å². The summed E-state index contributed by atoms with van der Waals surface area (Å²) in [6.45, 7) is 1.46. The van der Waals surface area contributed by atoms with Crippen molar-refractivity contribution in [2.45, 2.75) is 6.92 Å². The minimum absolute atomic E-state index is 0.0895.